The van der Waals surface area contributed by atoms with Gasteiger partial charge < -0.3 is 5.11 Å². The second-order valence-corrected chi connectivity index (χ2v) is 6.33. The van der Waals surface area contributed by atoms with E-state index in [9.17, 15) is 5.11 Å². The number of rotatable bonds is 5. The lowest BCUT2D eigenvalue weighted by atomic mass is 10.1. The molecular formula is C15H19ClN2OS. The molecule has 0 saturated carbocycles. The minimum absolute atomic E-state index is 0.431. The molecule has 0 aliphatic heterocycles. The van der Waals surface area contributed by atoms with Gasteiger partial charge >= 0.3 is 0 Å². The highest BCUT2D eigenvalue weighted by atomic mass is 35.5. The Labute approximate surface area is 129 Å². The molecule has 0 bridgehead atoms. The molecule has 3 nitrogen and oxygen atoms in total. The topological polar surface area (TPSA) is 38.1 Å². The summed E-state index contributed by atoms with van der Waals surface area (Å²) in [6.07, 6.45) is 0.109. The third kappa shape index (κ3) is 3.57. The van der Waals surface area contributed by atoms with Crippen molar-refractivity contribution in [1.29, 1.82) is 0 Å². The molecule has 0 aliphatic rings. The smallest absolute Gasteiger partial charge is 0.130 e. The van der Waals surface area contributed by atoms with Crippen LogP contribution in [0.5, 0.6) is 0 Å². The minimum atomic E-state index is -0.431. The van der Waals surface area contributed by atoms with Crippen LogP contribution >= 0.6 is 23.4 Å². The van der Waals surface area contributed by atoms with Crippen molar-refractivity contribution in [1.82, 2.24) is 9.78 Å². The first-order valence-corrected chi connectivity index (χ1v) is 7.90. The monoisotopic (exact) mass is 310 g/mol. The average molecular weight is 311 g/mol. The van der Waals surface area contributed by atoms with E-state index in [0.29, 0.717) is 17.3 Å². The van der Waals surface area contributed by atoms with E-state index in [4.69, 9.17) is 11.6 Å². The third-order valence-corrected chi connectivity index (χ3v) is 5.03. The first-order valence-electron chi connectivity index (χ1n) is 6.53. The number of hydrogen-bond acceptors (Lipinski definition) is 3. The average Bonchev–Trinajstić information content (AvgIpc) is 2.64. The number of aryl methyl sites for hydroxylation is 3. The number of nitrogens with zero attached hydrogens (tertiary/aromatic N) is 2. The SMILES string of the molecule is Cc1ccccc1SCC(O)Cc1c(C)nn(C)c1Cl. The maximum Gasteiger partial charge on any atom is 0.130 e. The van der Waals surface area contributed by atoms with Crippen molar-refractivity contribution < 1.29 is 5.11 Å². The van der Waals surface area contributed by atoms with Crippen LogP contribution in [0.15, 0.2) is 29.2 Å². The zero-order chi connectivity index (χ0) is 14.7. The fourth-order valence-electron chi connectivity index (χ4n) is 2.10. The summed E-state index contributed by atoms with van der Waals surface area (Å²) in [4.78, 5) is 1.21. The molecule has 20 heavy (non-hydrogen) atoms. The Morgan fingerprint density at radius 3 is 2.65 bits per heavy atom. The Morgan fingerprint density at radius 2 is 2.05 bits per heavy atom. The van der Waals surface area contributed by atoms with Gasteiger partial charge in [-0.15, -0.1) is 11.8 Å². The van der Waals surface area contributed by atoms with Gasteiger partial charge in [0.15, 0.2) is 0 Å². The number of aliphatic hydroxyl groups is 1. The van der Waals surface area contributed by atoms with Gasteiger partial charge in [0.25, 0.3) is 0 Å². The van der Waals surface area contributed by atoms with E-state index in [2.05, 4.69) is 24.2 Å². The lowest BCUT2D eigenvalue weighted by molar-refractivity contribution is 0.200. The molecule has 0 amide bonds. The zero-order valence-electron chi connectivity index (χ0n) is 11.9. The molecule has 0 saturated heterocycles. The number of thioether (sulfide) groups is 1. The molecule has 0 radical (unpaired) electrons. The quantitative estimate of drug-likeness (QED) is 0.860. The van der Waals surface area contributed by atoms with Gasteiger partial charge in [0.2, 0.25) is 0 Å². The van der Waals surface area contributed by atoms with Gasteiger partial charge in [-0.25, -0.2) is 0 Å². The van der Waals surface area contributed by atoms with Crippen molar-refractivity contribution in [3.8, 4) is 0 Å². The summed E-state index contributed by atoms with van der Waals surface area (Å²) in [5.74, 6) is 0.648. The van der Waals surface area contributed by atoms with Gasteiger partial charge in [-0.2, -0.15) is 5.10 Å². The molecule has 108 valence electrons. The largest absolute Gasteiger partial charge is 0.392 e. The van der Waals surface area contributed by atoms with Crippen LogP contribution in [-0.2, 0) is 13.5 Å². The van der Waals surface area contributed by atoms with Crippen LogP contribution in [0.1, 0.15) is 16.8 Å². The number of aliphatic hydroxyl groups excluding tert-OH is 1. The second kappa shape index (κ2) is 6.66. The van der Waals surface area contributed by atoms with E-state index in [1.807, 2.05) is 26.1 Å². The van der Waals surface area contributed by atoms with Crippen LogP contribution in [0.2, 0.25) is 5.15 Å². The molecular weight excluding hydrogens is 292 g/mol. The Balaban J connectivity index is 1.96. The molecule has 2 aromatic rings. The Morgan fingerprint density at radius 1 is 1.35 bits per heavy atom. The fraction of sp³-hybridized carbons (Fsp3) is 0.400. The molecule has 2 rings (SSSR count). The first kappa shape index (κ1) is 15.4. The molecule has 5 heteroatoms. The zero-order valence-corrected chi connectivity index (χ0v) is 13.5. The summed E-state index contributed by atoms with van der Waals surface area (Å²) in [5, 5.41) is 15.1. The Kier molecular flexibility index (Phi) is 5.13. The standard InChI is InChI=1S/C15H19ClN2OS/c1-10-6-4-5-7-14(10)20-9-12(19)8-13-11(2)17-18(3)15(13)16/h4-7,12,19H,8-9H2,1-3H3. The minimum Gasteiger partial charge on any atom is -0.392 e. The van der Waals surface area contributed by atoms with Gasteiger partial charge in [-0.1, -0.05) is 29.8 Å². The molecule has 1 aromatic carbocycles. The van der Waals surface area contributed by atoms with Crippen molar-refractivity contribution >= 4 is 23.4 Å². The van der Waals surface area contributed by atoms with Crippen LogP contribution < -0.4 is 0 Å². The van der Waals surface area contributed by atoms with Gasteiger partial charge in [0.1, 0.15) is 5.15 Å². The normalized spacial score (nSPS) is 12.7. The van der Waals surface area contributed by atoms with Gasteiger partial charge in [0.05, 0.1) is 11.8 Å². The Hall–Kier alpha value is -0.970. The number of aromatic nitrogens is 2. The fourth-order valence-corrected chi connectivity index (χ4v) is 3.32. The predicted octanol–water partition coefficient (Wildman–Crippen LogP) is 3.39. The molecule has 1 atom stereocenters. The van der Waals surface area contributed by atoms with Crippen molar-refractivity contribution in [2.24, 2.45) is 7.05 Å². The summed E-state index contributed by atoms with van der Waals surface area (Å²) < 4.78 is 1.65. The summed E-state index contributed by atoms with van der Waals surface area (Å²) in [6, 6.07) is 8.20. The number of halogens is 1. The van der Waals surface area contributed by atoms with Crippen LogP contribution in [0.3, 0.4) is 0 Å². The van der Waals surface area contributed by atoms with E-state index in [0.717, 1.165) is 11.3 Å². The number of hydrogen-bond donors (Lipinski definition) is 1. The maximum absolute atomic E-state index is 10.2. The Bertz CT molecular complexity index is 598. The van der Waals surface area contributed by atoms with E-state index in [-0.39, 0.29) is 0 Å². The van der Waals surface area contributed by atoms with E-state index < -0.39 is 6.10 Å². The third-order valence-electron chi connectivity index (χ3n) is 3.23. The highest BCUT2D eigenvalue weighted by molar-refractivity contribution is 7.99. The molecule has 1 heterocycles. The maximum atomic E-state index is 10.2. The van der Waals surface area contributed by atoms with Crippen LogP contribution in [0.25, 0.3) is 0 Å². The van der Waals surface area contributed by atoms with E-state index >= 15 is 0 Å². The molecule has 1 N–H and O–H groups in total. The van der Waals surface area contributed by atoms with Crippen molar-refractivity contribution in [2.45, 2.75) is 31.3 Å². The lowest BCUT2D eigenvalue weighted by Gasteiger charge is -2.11. The molecule has 1 unspecified atom stereocenters. The van der Waals surface area contributed by atoms with Crippen molar-refractivity contribution in [2.75, 3.05) is 5.75 Å². The van der Waals surface area contributed by atoms with Crippen molar-refractivity contribution in [3.63, 3.8) is 0 Å². The first-order chi connectivity index (χ1) is 9.49. The summed E-state index contributed by atoms with van der Waals surface area (Å²) in [7, 11) is 1.81. The number of benzene rings is 1. The van der Waals surface area contributed by atoms with Crippen LogP contribution in [0.4, 0.5) is 0 Å². The van der Waals surface area contributed by atoms with E-state index in [1.54, 1.807) is 16.4 Å². The molecule has 0 aliphatic carbocycles. The second-order valence-electron chi connectivity index (χ2n) is 4.91. The van der Waals surface area contributed by atoms with Crippen molar-refractivity contribution in [3.05, 3.63) is 46.2 Å². The highest BCUT2D eigenvalue weighted by Crippen LogP contribution is 2.25. The lowest BCUT2D eigenvalue weighted by Crippen LogP contribution is -2.14. The summed E-state index contributed by atoms with van der Waals surface area (Å²) >= 11 is 7.86. The van der Waals surface area contributed by atoms with Gasteiger partial charge in [-0.05, 0) is 25.5 Å². The molecule has 1 aromatic heterocycles. The van der Waals surface area contributed by atoms with Crippen LogP contribution in [-0.4, -0.2) is 26.7 Å². The summed E-state index contributed by atoms with van der Waals surface area (Å²) in [5.41, 5.74) is 3.06. The predicted molar refractivity (Wildman–Crippen MR) is 84.6 cm³/mol. The van der Waals surface area contributed by atoms with Crippen LogP contribution in [0, 0.1) is 13.8 Å². The van der Waals surface area contributed by atoms with Gasteiger partial charge in [-0.3, -0.25) is 4.68 Å². The summed E-state index contributed by atoms with van der Waals surface area (Å²) in [6.45, 7) is 4.00. The van der Waals surface area contributed by atoms with Gasteiger partial charge in [0, 0.05) is 29.7 Å². The van der Waals surface area contributed by atoms with E-state index in [1.165, 1.54) is 10.5 Å². The molecule has 0 spiro atoms. The highest BCUT2D eigenvalue weighted by Gasteiger charge is 2.16. The molecule has 0 fully saturated rings.